The lowest BCUT2D eigenvalue weighted by molar-refractivity contribution is -0.136. The van der Waals surface area contributed by atoms with Gasteiger partial charge in [0, 0.05) is 22.5 Å². The molecule has 0 radical (unpaired) electrons. The molecule has 0 saturated heterocycles. The van der Waals surface area contributed by atoms with E-state index in [4.69, 9.17) is 16.7 Å². The topological polar surface area (TPSA) is 112 Å². The molecule has 7 nitrogen and oxygen atoms in total. The zero-order valence-corrected chi connectivity index (χ0v) is 14.7. The molecule has 1 amide bonds. The predicted octanol–water partition coefficient (Wildman–Crippen LogP) is 2.97. The molecular weight excluding hydrogens is 370 g/mol. The summed E-state index contributed by atoms with van der Waals surface area (Å²) in [5.74, 6) is -1.23. The van der Waals surface area contributed by atoms with Crippen molar-refractivity contribution in [1.29, 1.82) is 0 Å². The Kier molecular flexibility index (Phi) is 5.33. The molecule has 0 spiro atoms. The normalized spacial score (nSPS) is 10.4. The molecule has 0 atom stereocenters. The maximum atomic E-state index is 12.3. The summed E-state index contributed by atoms with van der Waals surface area (Å²) in [6.07, 6.45) is 1.10. The van der Waals surface area contributed by atoms with Crippen molar-refractivity contribution in [2.45, 2.75) is 6.42 Å². The highest BCUT2D eigenvalue weighted by Gasteiger charge is 2.13. The maximum Gasteiger partial charge on any atom is 0.307 e. The highest BCUT2D eigenvalue weighted by atomic mass is 35.5. The van der Waals surface area contributed by atoms with E-state index in [1.807, 2.05) is 0 Å². The molecule has 0 saturated carbocycles. The standard InChI is InChI=1S/C19H14ClN3O4/c20-13-5-3-12(4-6-13)17-21-10-15(19(27)23-17)18(26)22-14-7-1-11(2-8-14)9-16(24)25/h1-8,10H,9H2,(H,22,26)(H,24,25)(H,21,23,27). The number of carbonyl (C=O) groups is 2. The molecule has 0 aliphatic rings. The van der Waals surface area contributed by atoms with Gasteiger partial charge in [-0.3, -0.25) is 14.4 Å². The SMILES string of the molecule is O=C(O)Cc1ccc(NC(=O)c2cnc(-c3ccc(Cl)cc3)[nH]c2=O)cc1. The first-order chi connectivity index (χ1) is 12.9. The van der Waals surface area contributed by atoms with Gasteiger partial charge in [0.1, 0.15) is 11.4 Å². The number of aromatic amines is 1. The van der Waals surface area contributed by atoms with Gasteiger partial charge in [-0.1, -0.05) is 23.7 Å². The third kappa shape index (κ3) is 4.59. The Morgan fingerprint density at radius 3 is 2.33 bits per heavy atom. The molecule has 136 valence electrons. The number of hydrogen-bond acceptors (Lipinski definition) is 4. The second kappa shape index (κ2) is 7.84. The number of carboxylic acid groups (broad SMARTS) is 1. The van der Waals surface area contributed by atoms with Crippen molar-refractivity contribution in [3.05, 3.63) is 81.2 Å². The summed E-state index contributed by atoms with van der Waals surface area (Å²) in [5, 5.41) is 11.9. The second-order valence-corrected chi connectivity index (χ2v) is 6.14. The van der Waals surface area contributed by atoms with Crippen molar-refractivity contribution in [3.8, 4) is 11.4 Å². The van der Waals surface area contributed by atoms with Crippen LogP contribution in [0.25, 0.3) is 11.4 Å². The molecular formula is C19H14ClN3O4. The molecule has 2 aromatic carbocycles. The highest BCUT2D eigenvalue weighted by Crippen LogP contribution is 2.17. The minimum absolute atomic E-state index is 0.107. The Hall–Kier alpha value is -3.45. The van der Waals surface area contributed by atoms with Crippen molar-refractivity contribution >= 4 is 29.2 Å². The summed E-state index contributed by atoms with van der Waals surface area (Å²) in [6.45, 7) is 0. The Morgan fingerprint density at radius 1 is 1.07 bits per heavy atom. The number of H-pyrrole nitrogens is 1. The molecule has 0 aliphatic carbocycles. The highest BCUT2D eigenvalue weighted by molar-refractivity contribution is 6.30. The zero-order valence-electron chi connectivity index (χ0n) is 13.9. The number of aliphatic carboxylic acids is 1. The fourth-order valence-corrected chi connectivity index (χ4v) is 2.52. The van der Waals surface area contributed by atoms with Crippen molar-refractivity contribution < 1.29 is 14.7 Å². The number of aromatic nitrogens is 2. The van der Waals surface area contributed by atoms with E-state index in [9.17, 15) is 14.4 Å². The van der Waals surface area contributed by atoms with Crippen LogP contribution >= 0.6 is 11.6 Å². The number of anilines is 1. The van der Waals surface area contributed by atoms with Crippen molar-refractivity contribution in [2.24, 2.45) is 0 Å². The summed E-state index contributed by atoms with van der Waals surface area (Å²) in [7, 11) is 0. The fraction of sp³-hybridized carbons (Fsp3) is 0.0526. The molecule has 3 N–H and O–H groups in total. The van der Waals surface area contributed by atoms with Crippen LogP contribution in [0.15, 0.2) is 59.5 Å². The number of halogens is 1. The number of nitrogens with zero attached hydrogens (tertiary/aromatic N) is 1. The van der Waals surface area contributed by atoms with Gasteiger partial charge < -0.3 is 15.4 Å². The summed E-state index contributed by atoms with van der Waals surface area (Å²) in [4.78, 5) is 41.9. The molecule has 3 aromatic rings. The minimum atomic E-state index is -0.940. The first-order valence-corrected chi connectivity index (χ1v) is 8.27. The molecule has 0 unspecified atom stereocenters. The first kappa shape index (κ1) is 18.3. The average Bonchev–Trinajstić information content (AvgIpc) is 2.63. The molecule has 1 heterocycles. The summed E-state index contributed by atoms with van der Waals surface area (Å²) >= 11 is 5.83. The molecule has 0 bridgehead atoms. The quantitative estimate of drug-likeness (QED) is 0.627. The lowest BCUT2D eigenvalue weighted by atomic mass is 10.1. The van der Waals surface area contributed by atoms with E-state index in [1.165, 1.54) is 6.20 Å². The van der Waals surface area contributed by atoms with E-state index in [0.29, 0.717) is 27.7 Å². The third-order valence-corrected chi connectivity index (χ3v) is 3.98. The molecule has 8 heteroatoms. The monoisotopic (exact) mass is 383 g/mol. The third-order valence-electron chi connectivity index (χ3n) is 3.73. The Morgan fingerprint density at radius 2 is 1.74 bits per heavy atom. The summed E-state index contributed by atoms with van der Waals surface area (Å²) in [5.41, 5.74) is 0.998. The Labute approximate surface area is 158 Å². The van der Waals surface area contributed by atoms with Gasteiger partial charge in [-0.15, -0.1) is 0 Å². The molecule has 0 aliphatic heterocycles. The van der Waals surface area contributed by atoms with Crippen molar-refractivity contribution in [3.63, 3.8) is 0 Å². The van der Waals surface area contributed by atoms with E-state index >= 15 is 0 Å². The number of amides is 1. The predicted molar refractivity (Wildman–Crippen MR) is 101 cm³/mol. The van der Waals surface area contributed by atoms with Gasteiger partial charge in [0.15, 0.2) is 0 Å². The smallest absolute Gasteiger partial charge is 0.307 e. The van der Waals surface area contributed by atoms with Gasteiger partial charge in [-0.05, 0) is 42.0 Å². The molecule has 1 aromatic heterocycles. The largest absolute Gasteiger partial charge is 0.481 e. The average molecular weight is 384 g/mol. The van der Waals surface area contributed by atoms with E-state index in [2.05, 4.69) is 15.3 Å². The van der Waals surface area contributed by atoms with Crippen LogP contribution in [0.3, 0.4) is 0 Å². The Bertz CT molecular complexity index is 1040. The molecule has 27 heavy (non-hydrogen) atoms. The first-order valence-electron chi connectivity index (χ1n) is 7.90. The zero-order chi connectivity index (χ0) is 19.4. The van der Waals surface area contributed by atoms with Crippen LogP contribution in [-0.2, 0) is 11.2 Å². The van der Waals surface area contributed by atoms with Crippen molar-refractivity contribution in [1.82, 2.24) is 9.97 Å². The van der Waals surface area contributed by atoms with Crippen LogP contribution in [0.4, 0.5) is 5.69 Å². The number of carbonyl (C=O) groups excluding carboxylic acids is 1. The summed E-state index contributed by atoms with van der Waals surface area (Å²) in [6, 6.07) is 13.1. The van der Waals surface area contributed by atoms with Crippen LogP contribution in [0.5, 0.6) is 0 Å². The lowest BCUT2D eigenvalue weighted by Crippen LogP contribution is -2.24. The number of nitrogens with one attached hydrogen (secondary N) is 2. The van der Waals surface area contributed by atoms with Crippen LogP contribution in [-0.4, -0.2) is 27.0 Å². The Balaban J connectivity index is 1.76. The van der Waals surface area contributed by atoms with Crippen LogP contribution < -0.4 is 10.9 Å². The van der Waals surface area contributed by atoms with E-state index < -0.39 is 17.4 Å². The number of hydrogen-bond donors (Lipinski definition) is 3. The lowest BCUT2D eigenvalue weighted by Gasteiger charge is -2.06. The van der Waals surface area contributed by atoms with Gasteiger partial charge in [-0.2, -0.15) is 0 Å². The van der Waals surface area contributed by atoms with Crippen LogP contribution in [0, 0.1) is 0 Å². The maximum absolute atomic E-state index is 12.3. The van der Waals surface area contributed by atoms with Crippen LogP contribution in [0.2, 0.25) is 5.02 Å². The summed E-state index contributed by atoms with van der Waals surface area (Å²) < 4.78 is 0. The van der Waals surface area contributed by atoms with Gasteiger partial charge in [0.25, 0.3) is 11.5 Å². The van der Waals surface area contributed by atoms with E-state index in [-0.39, 0.29) is 12.0 Å². The van der Waals surface area contributed by atoms with Gasteiger partial charge in [0.2, 0.25) is 0 Å². The molecule has 0 fully saturated rings. The second-order valence-electron chi connectivity index (χ2n) is 5.70. The van der Waals surface area contributed by atoms with Crippen molar-refractivity contribution in [2.75, 3.05) is 5.32 Å². The van der Waals surface area contributed by atoms with Gasteiger partial charge in [0.05, 0.1) is 6.42 Å². The van der Waals surface area contributed by atoms with E-state index in [1.54, 1.807) is 48.5 Å². The molecule has 3 rings (SSSR count). The van der Waals surface area contributed by atoms with E-state index in [0.717, 1.165) is 0 Å². The fourth-order valence-electron chi connectivity index (χ4n) is 2.39. The minimum Gasteiger partial charge on any atom is -0.481 e. The van der Waals surface area contributed by atoms with Crippen LogP contribution in [0.1, 0.15) is 15.9 Å². The van der Waals surface area contributed by atoms with Gasteiger partial charge >= 0.3 is 5.97 Å². The number of benzene rings is 2. The number of rotatable bonds is 5. The van der Waals surface area contributed by atoms with Gasteiger partial charge in [-0.25, -0.2) is 4.98 Å². The number of carboxylic acids is 1.